The van der Waals surface area contributed by atoms with E-state index in [9.17, 15) is 4.39 Å². The first-order valence-corrected chi connectivity index (χ1v) is 7.88. The third-order valence-electron chi connectivity index (χ3n) is 3.27. The Morgan fingerprint density at radius 1 is 1.17 bits per heavy atom. The Kier molecular flexibility index (Phi) is 4.47. The molecule has 0 aliphatic heterocycles. The van der Waals surface area contributed by atoms with Gasteiger partial charge in [-0.1, -0.05) is 23.9 Å². The van der Waals surface area contributed by atoms with Crippen LogP contribution in [0.1, 0.15) is 5.56 Å². The van der Waals surface area contributed by atoms with Crippen LogP contribution in [0.5, 0.6) is 5.75 Å². The second-order valence-corrected chi connectivity index (χ2v) is 5.77. The summed E-state index contributed by atoms with van der Waals surface area (Å²) in [6, 6.07) is 13.9. The van der Waals surface area contributed by atoms with Crippen LogP contribution in [0.25, 0.3) is 11.4 Å². The molecule has 0 bridgehead atoms. The van der Waals surface area contributed by atoms with Crippen LogP contribution in [0.3, 0.4) is 0 Å². The van der Waals surface area contributed by atoms with E-state index in [2.05, 4.69) is 10.2 Å². The Morgan fingerprint density at radius 2 is 1.96 bits per heavy atom. The maximum Gasteiger partial charge on any atom is 0.210 e. The molecule has 1 aromatic heterocycles. The van der Waals surface area contributed by atoms with Crippen molar-refractivity contribution in [3.05, 3.63) is 59.9 Å². The van der Waals surface area contributed by atoms with Crippen LogP contribution in [0.4, 0.5) is 4.39 Å². The van der Waals surface area contributed by atoms with E-state index in [-0.39, 0.29) is 5.82 Å². The van der Waals surface area contributed by atoms with E-state index < -0.39 is 0 Å². The lowest BCUT2D eigenvalue weighted by molar-refractivity contribution is 0.415. The first-order valence-electron chi connectivity index (χ1n) is 6.89. The lowest BCUT2D eigenvalue weighted by Crippen LogP contribution is -2.11. The van der Waals surface area contributed by atoms with E-state index in [0.29, 0.717) is 16.7 Å². The normalized spacial score (nSPS) is 10.7. The van der Waals surface area contributed by atoms with Gasteiger partial charge >= 0.3 is 0 Å². The number of aromatic nitrogens is 3. The second kappa shape index (κ2) is 6.70. The van der Waals surface area contributed by atoms with Gasteiger partial charge in [-0.15, -0.1) is 10.2 Å². The molecular weight excluding hydrogens is 315 g/mol. The average molecular weight is 330 g/mol. The largest absolute Gasteiger partial charge is 0.497 e. The van der Waals surface area contributed by atoms with Crippen molar-refractivity contribution in [2.75, 3.05) is 13.0 Å². The summed E-state index contributed by atoms with van der Waals surface area (Å²) < 4.78 is 19.7. The molecule has 7 heteroatoms. The molecule has 1 heterocycles. The molecule has 2 N–H and O–H groups in total. The lowest BCUT2D eigenvalue weighted by Gasteiger charge is -2.05. The summed E-state index contributed by atoms with van der Waals surface area (Å²) in [5.41, 5.74) is 1.71. The number of nitrogens with two attached hydrogens (primary N) is 1. The first kappa shape index (κ1) is 15.4. The van der Waals surface area contributed by atoms with Crippen LogP contribution in [-0.4, -0.2) is 22.0 Å². The molecule has 5 nitrogen and oxygen atoms in total. The Morgan fingerprint density at radius 3 is 2.65 bits per heavy atom. The molecule has 118 valence electrons. The summed E-state index contributed by atoms with van der Waals surface area (Å²) in [4.78, 5) is 0. The maximum atomic E-state index is 13.2. The van der Waals surface area contributed by atoms with Crippen LogP contribution < -0.4 is 10.6 Å². The van der Waals surface area contributed by atoms with E-state index in [1.165, 1.54) is 28.6 Å². The molecular formula is C16H15FN4OS. The number of methoxy groups -OCH3 is 1. The molecule has 0 radical (unpaired) electrons. The van der Waals surface area contributed by atoms with Crippen LogP contribution in [0, 0.1) is 5.82 Å². The third-order valence-corrected chi connectivity index (χ3v) is 4.28. The van der Waals surface area contributed by atoms with Crippen molar-refractivity contribution < 1.29 is 9.13 Å². The number of thioether (sulfide) groups is 1. The van der Waals surface area contributed by atoms with Crippen molar-refractivity contribution in [2.24, 2.45) is 0 Å². The maximum absolute atomic E-state index is 13.2. The molecule has 0 saturated carbocycles. The van der Waals surface area contributed by atoms with Gasteiger partial charge in [0.15, 0.2) is 5.82 Å². The number of rotatable bonds is 5. The van der Waals surface area contributed by atoms with Gasteiger partial charge in [-0.05, 0) is 42.0 Å². The first-order chi connectivity index (χ1) is 11.2. The van der Waals surface area contributed by atoms with Crippen LogP contribution in [0.15, 0.2) is 53.7 Å². The van der Waals surface area contributed by atoms with Crippen molar-refractivity contribution >= 4 is 11.8 Å². The molecule has 0 aliphatic carbocycles. The van der Waals surface area contributed by atoms with E-state index >= 15 is 0 Å². The molecule has 0 atom stereocenters. The van der Waals surface area contributed by atoms with Gasteiger partial charge in [0.05, 0.1) is 7.11 Å². The van der Waals surface area contributed by atoms with Crippen molar-refractivity contribution in [1.29, 1.82) is 0 Å². The number of halogens is 1. The Hall–Kier alpha value is -2.54. The van der Waals surface area contributed by atoms with Gasteiger partial charge in [0.25, 0.3) is 0 Å². The summed E-state index contributed by atoms with van der Waals surface area (Å²) >= 11 is 1.40. The van der Waals surface area contributed by atoms with Gasteiger partial charge in [-0.25, -0.2) is 9.07 Å². The number of nitrogens with zero attached hydrogens (tertiary/aromatic N) is 3. The van der Waals surface area contributed by atoms with Gasteiger partial charge in [0.2, 0.25) is 5.16 Å². The fraction of sp³-hybridized carbons (Fsp3) is 0.125. The molecule has 0 spiro atoms. The molecule has 0 aliphatic rings. The fourth-order valence-corrected chi connectivity index (χ4v) is 2.89. The Bertz CT molecular complexity index is 804. The van der Waals surface area contributed by atoms with E-state index in [1.54, 1.807) is 13.2 Å². The monoisotopic (exact) mass is 330 g/mol. The second-order valence-electron chi connectivity index (χ2n) is 4.82. The van der Waals surface area contributed by atoms with Gasteiger partial charge in [-0.2, -0.15) is 0 Å². The van der Waals surface area contributed by atoms with Gasteiger partial charge < -0.3 is 10.6 Å². The number of ether oxygens (including phenoxy) is 1. The zero-order chi connectivity index (χ0) is 16.2. The summed E-state index contributed by atoms with van der Waals surface area (Å²) in [5, 5.41) is 8.79. The number of hydrogen-bond acceptors (Lipinski definition) is 5. The minimum Gasteiger partial charge on any atom is -0.497 e. The Balaban J connectivity index is 1.76. The van der Waals surface area contributed by atoms with Gasteiger partial charge in [-0.3, -0.25) is 0 Å². The third kappa shape index (κ3) is 3.45. The minimum absolute atomic E-state index is 0.253. The molecule has 0 amide bonds. The van der Waals surface area contributed by atoms with Crippen LogP contribution in [-0.2, 0) is 5.75 Å². The van der Waals surface area contributed by atoms with Crippen molar-refractivity contribution in [1.82, 2.24) is 14.9 Å². The summed E-state index contributed by atoms with van der Waals surface area (Å²) in [7, 11) is 1.61. The molecule has 3 aromatic rings. The molecule has 3 rings (SSSR count). The highest BCUT2D eigenvalue weighted by atomic mass is 32.2. The topological polar surface area (TPSA) is 66.0 Å². The zero-order valence-corrected chi connectivity index (χ0v) is 13.3. The lowest BCUT2D eigenvalue weighted by atomic mass is 10.2. The van der Waals surface area contributed by atoms with Crippen molar-refractivity contribution in [3.63, 3.8) is 0 Å². The predicted octanol–water partition coefficient (Wildman–Crippen LogP) is 3.10. The number of nitrogen functional groups attached to an aromatic ring is 1. The zero-order valence-electron chi connectivity index (χ0n) is 12.4. The Labute approximate surface area is 137 Å². The number of hydrogen-bond donors (Lipinski definition) is 1. The molecule has 23 heavy (non-hydrogen) atoms. The van der Waals surface area contributed by atoms with Gasteiger partial charge in [0, 0.05) is 11.3 Å². The predicted molar refractivity (Wildman–Crippen MR) is 88.1 cm³/mol. The molecule has 0 unspecified atom stereocenters. The minimum atomic E-state index is -0.253. The fourth-order valence-electron chi connectivity index (χ4n) is 2.09. The SMILES string of the molecule is COc1ccc(-c2nnc(SCc3cccc(F)c3)n2N)cc1. The smallest absolute Gasteiger partial charge is 0.210 e. The quantitative estimate of drug-likeness (QED) is 0.575. The van der Waals surface area contributed by atoms with Crippen LogP contribution >= 0.6 is 11.8 Å². The van der Waals surface area contributed by atoms with Crippen molar-refractivity contribution in [3.8, 4) is 17.1 Å². The average Bonchev–Trinajstić information content (AvgIpc) is 2.94. The van der Waals surface area contributed by atoms with E-state index in [0.717, 1.165) is 16.9 Å². The highest BCUT2D eigenvalue weighted by molar-refractivity contribution is 7.98. The van der Waals surface area contributed by atoms with Gasteiger partial charge in [0.1, 0.15) is 11.6 Å². The standard InChI is InChI=1S/C16H15FN4OS/c1-22-14-7-5-12(6-8-14)15-19-20-16(21(15)18)23-10-11-3-2-4-13(17)9-11/h2-9H,10,18H2,1H3. The molecule has 2 aromatic carbocycles. The molecule has 0 fully saturated rings. The van der Waals surface area contributed by atoms with Crippen molar-refractivity contribution in [2.45, 2.75) is 10.9 Å². The van der Waals surface area contributed by atoms with E-state index in [4.69, 9.17) is 10.6 Å². The summed E-state index contributed by atoms with van der Waals surface area (Å²) in [6.07, 6.45) is 0. The highest BCUT2D eigenvalue weighted by Gasteiger charge is 2.12. The summed E-state index contributed by atoms with van der Waals surface area (Å²) in [5.74, 6) is 7.70. The highest BCUT2D eigenvalue weighted by Crippen LogP contribution is 2.25. The van der Waals surface area contributed by atoms with Crippen LogP contribution in [0.2, 0.25) is 0 Å². The summed E-state index contributed by atoms with van der Waals surface area (Å²) in [6.45, 7) is 0. The van der Waals surface area contributed by atoms with E-state index in [1.807, 2.05) is 30.3 Å². The number of benzene rings is 2. The molecule has 0 saturated heterocycles.